The van der Waals surface area contributed by atoms with Crippen LogP contribution in [0.25, 0.3) is 0 Å². The molecule has 0 fully saturated rings. The molecule has 6 heteroatoms. The summed E-state index contributed by atoms with van der Waals surface area (Å²) in [6.07, 6.45) is -4.30. The van der Waals surface area contributed by atoms with Crippen molar-refractivity contribution < 1.29 is 13.2 Å². The summed E-state index contributed by atoms with van der Waals surface area (Å²) in [6, 6.07) is 3.76. The highest BCUT2D eigenvalue weighted by Crippen LogP contribution is 2.37. The molecule has 0 unspecified atom stereocenters. The molecular formula is C11H10F3N3. The van der Waals surface area contributed by atoms with Crippen molar-refractivity contribution in [1.29, 1.82) is 0 Å². The summed E-state index contributed by atoms with van der Waals surface area (Å²) >= 11 is 0. The normalized spacial score (nSPS) is 18.3. The number of halogens is 3. The molecule has 2 aliphatic heterocycles. The molecule has 0 bridgehead atoms. The Bertz CT molecular complexity index is 493. The molecule has 3 nitrogen and oxygen atoms in total. The van der Waals surface area contributed by atoms with Gasteiger partial charge in [-0.25, -0.2) is 0 Å². The van der Waals surface area contributed by atoms with Crippen molar-refractivity contribution in [2.75, 3.05) is 29.9 Å². The summed E-state index contributed by atoms with van der Waals surface area (Å²) in [4.78, 5) is 6.10. The molecule has 0 aliphatic carbocycles. The molecule has 2 aliphatic rings. The van der Waals surface area contributed by atoms with Gasteiger partial charge in [-0.1, -0.05) is 0 Å². The van der Waals surface area contributed by atoms with Crippen LogP contribution in [-0.4, -0.2) is 25.5 Å². The largest absolute Gasteiger partial charge is 0.416 e. The van der Waals surface area contributed by atoms with E-state index in [4.69, 9.17) is 0 Å². The molecule has 17 heavy (non-hydrogen) atoms. The number of aliphatic imine (C=N–C) groups is 1. The van der Waals surface area contributed by atoms with Gasteiger partial charge in [-0.2, -0.15) is 13.2 Å². The van der Waals surface area contributed by atoms with E-state index in [1.54, 1.807) is 0 Å². The van der Waals surface area contributed by atoms with Crippen molar-refractivity contribution in [2.24, 2.45) is 4.99 Å². The number of nitrogens with zero attached hydrogens (tertiary/aromatic N) is 2. The summed E-state index contributed by atoms with van der Waals surface area (Å²) in [6.45, 7) is 1.89. The summed E-state index contributed by atoms with van der Waals surface area (Å²) < 4.78 is 37.9. The lowest BCUT2D eigenvalue weighted by Gasteiger charge is -2.29. The lowest BCUT2D eigenvalue weighted by atomic mass is 10.1. The first-order valence-corrected chi connectivity index (χ1v) is 5.32. The van der Waals surface area contributed by atoms with Crippen molar-refractivity contribution in [2.45, 2.75) is 6.18 Å². The van der Waals surface area contributed by atoms with Gasteiger partial charge in [0.1, 0.15) is 5.84 Å². The topological polar surface area (TPSA) is 27.6 Å². The smallest absolute Gasteiger partial charge is 0.376 e. The van der Waals surface area contributed by atoms with E-state index in [0.717, 1.165) is 17.6 Å². The zero-order valence-electron chi connectivity index (χ0n) is 8.88. The molecule has 0 spiro atoms. The molecule has 3 rings (SSSR count). The number of fused-ring (bicyclic) bond motifs is 3. The molecule has 0 aromatic heterocycles. The van der Waals surface area contributed by atoms with Crippen LogP contribution in [0.2, 0.25) is 0 Å². The fourth-order valence-corrected chi connectivity index (χ4v) is 2.16. The summed E-state index contributed by atoms with van der Waals surface area (Å²) in [5.74, 6) is 0.817. The minimum atomic E-state index is -4.30. The molecule has 1 N–H and O–H groups in total. The number of hydrogen-bond donors (Lipinski definition) is 1. The second kappa shape index (κ2) is 3.38. The molecule has 1 aromatic rings. The zero-order valence-corrected chi connectivity index (χ0v) is 8.88. The Balaban J connectivity index is 2.07. The lowest BCUT2D eigenvalue weighted by molar-refractivity contribution is -0.137. The number of amidine groups is 1. The number of alkyl halides is 3. The van der Waals surface area contributed by atoms with E-state index in [9.17, 15) is 13.2 Å². The monoisotopic (exact) mass is 241 g/mol. The average Bonchev–Trinajstić information content (AvgIpc) is 2.75. The predicted octanol–water partition coefficient (Wildman–Crippen LogP) is 2.35. The molecular weight excluding hydrogens is 231 g/mol. The molecule has 0 amide bonds. The van der Waals surface area contributed by atoms with Crippen molar-refractivity contribution >= 4 is 17.2 Å². The van der Waals surface area contributed by atoms with Gasteiger partial charge in [-0.3, -0.25) is 4.99 Å². The highest BCUT2D eigenvalue weighted by molar-refractivity contribution is 6.07. The van der Waals surface area contributed by atoms with Crippen LogP contribution >= 0.6 is 0 Å². The maximum Gasteiger partial charge on any atom is 0.416 e. The van der Waals surface area contributed by atoms with Gasteiger partial charge in [0.2, 0.25) is 0 Å². The summed E-state index contributed by atoms with van der Waals surface area (Å²) in [7, 11) is 0. The number of nitrogens with one attached hydrogen (secondary N) is 1. The maximum atomic E-state index is 12.6. The number of rotatable bonds is 0. The second-order valence-electron chi connectivity index (χ2n) is 4.03. The van der Waals surface area contributed by atoms with Gasteiger partial charge in [0.05, 0.1) is 30.0 Å². The van der Waals surface area contributed by atoms with Crippen LogP contribution in [0, 0.1) is 0 Å². The van der Waals surface area contributed by atoms with Crippen LogP contribution in [0.1, 0.15) is 5.56 Å². The van der Waals surface area contributed by atoms with E-state index >= 15 is 0 Å². The van der Waals surface area contributed by atoms with Gasteiger partial charge in [0.15, 0.2) is 0 Å². The van der Waals surface area contributed by atoms with E-state index in [-0.39, 0.29) is 0 Å². The minimum absolute atomic E-state index is 0.572. The number of benzene rings is 1. The highest BCUT2D eigenvalue weighted by atomic mass is 19.4. The lowest BCUT2D eigenvalue weighted by Crippen LogP contribution is -2.37. The van der Waals surface area contributed by atoms with Crippen LogP contribution in [0.15, 0.2) is 23.2 Å². The SMILES string of the molecule is FC(F)(F)c1ccc2c(c1)N1CCN=C1CN2. The van der Waals surface area contributed by atoms with Crippen molar-refractivity contribution in [3.63, 3.8) is 0 Å². The Labute approximate surface area is 95.9 Å². The predicted molar refractivity (Wildman–Crippen MR) is 59.6 cm³/mol. The van der Waals surface area contributed by atoms with Gasteiger partial charge < -0.3 is 10.2 Å². The van der Waals surface area contributed by atoms with Gasteiger partial charge >= 0.3 is 6.18 Å². The maximum absolute atomic E-state index is 12.6. The van der Waals surface area contributed by atoms with Crippen molar-refractivity contribution in [3.05, 3.63) is 23.8 Å². The summed E-state index contributed by atoms with van der Waals surface area (Å²) in [5, 5.41) is 3.07. The van der Waals surface area contributed by atoms with Crippen molar-refractivity contribution in [1.82, 2.24) is 0 Å². The molecule has 0 saturated heterocycles. The standard InChI is InChI=1S/C11H10F3N3/c12-11(13,14)7-1-2-8-9(5-7)17-4-3-15-10(17)6-16-8/h1-2,5,16H,3-4,6H2. The van der Waals surface area contributed by atoms with Crippen LogP contribution in [0.4, 0.5) is 24.5 Å². The Morgan fingerprint density at radius 1 is 1.29 bits per heavy atom. The van der Waals surface area contributed by atoms with Gasteiger partial charge in [0, 0.05) is 6.54 Å². The minimum Gasteiger partial charge on any atom is -0.376 e. The Morgan fingerprint density at radius 3 is 2.88 bits per heavy atom. The average molecular weight is 241 g/mol. The van der Waals surface area contributed by atoms with E-state index in [0.29, 0.717) is 25.3 Å². The third-order valence-corrected chi connectivity index (χ3v) is 2.98. The second-order valence-corrected chi connectivity index (χ2v) is 4.03. The van der Waals surface area contributed by atoms with E-state index < -0.39 is 11.7 Å². The Morgan fingerprint density at radius 2 is 2.12 bits per heavy atom. The fourth-order valence-electron chi connectivity index (χ4n) is 2.16. The first-order valence-electron chi connectivity index (χ1n) is 5.32. The van der Waals surface area contributed by atoms with E-state index in [1.165, 1.54) is 12.1 Å². The van der Waals surface area contributed by atoms with Gasteiger partial charge in [0.25, 0.3) is 0 Å². The van der Waals surface area contributed by atoms with Crippen molar-refractivity contribution in [3.8, 4) is 0 Å². The molecule has 0 atom stereocenters. The number of anilines is 2. The molecule has 2 heterocycles. The Hall–Kier alpha value is -1.72. The first-order chi connectivity index (χ1) is 8.05. The summed E-state index contributed by atoms with van der Waals surface area (Å²) in [5.41, 5.74) is 0.687. The Kier molecular flexibility index (Phi) is 2.08. The van der Waals surface area contributed by atoms with Crippen LogP contribution in [0.5, 0.6) is 0 Å². The zero-order chi connectivity index (χ0) is 12.0. The number of hydrogen-bond acceptors (Lipinski definition) is 3. The molecule has 90 valence electrons. The van der Waals surface area contributed by atoms with E-state index in [1.807, 2.05) is 4.90 Å². The fraction of sp³-hybridized carbons (Fsp3) is 0.364. The van der Waals surface area contributed by atoms with Gasteiger partial charge in [-0.15, -0.1) is 0 Å². The molecule has 0 saturated carbocycles. The van der Waals surface area contributed by atoms with E-state index in [2.05, 4.69) is 10.3 Å². The van der Waals surface area contributed by atoms with Crippen LogP contribution < -0.4 is 10.2 Å². The van der Waals surface area contributed by atoms with Gasteiger partial charge in [-0.05, 0) is 18.2 Å². The molecule has 1 aromatic carbocycles. The van der Waals surface area contributed by atoms with Crippen LogP contribution in [0.3, 0.4) is 0 Å². The third-order valence-electron chi connectivity index (χ3n) is 2.98. The molecule has 0 radical (unpaired) electrons. The first kappa shape index (κ1) is 10.4. The highest BCUT2D eigenvalue weighted by Gasteiger charge is 2.33. The third kappa shape index (κ3) is 1.64. The quantitative estimate of drug-likeness (QED) is 0.755. The van der Waals surface area contributed by atoms with Crippen LogP contribution in [-0.2, 0) is 6.18 Å².